The summed E-state index contributed by atoms with van der Waals surface area (Å²) in [5.41, 5.74) is 1.22. The second-order valence-corrected chi connectivity index (χ2v) is 6.10. The Balaban J connectivity index is 1.72. The van der Waals surface area contributed by atoms with Gasteiger partial charge in [0.05, 0.1) is 0 Å². The van der Waals surface area contributed by atoms with Crippen molar-refractivity contribution in [1.29, 1.82) is 0 Å². The Hall–Kier alpha value is -1.75. The van der Waals surface area contributed by atoms with Gasteiger partial charge in [-0.1, -0.05) is 23.7 Å². The Morgan fingerprint density at radius 2 is 2.14 bits per heavy atom. The van der Waals surface area contributed by atoms with Gasteiger partial charge < -0.3 is 15.7 Å². The minimum Gasteiger partial charge on any atom is -0.481 e. The smallest absolute Gasteiger partial charge is 0.315 e. The molecule has 2 atom stereocenters. The van der Waals surface area contributed by atoms with E-state index < -0.39 is 5.97 Å². The molecule has 1 fully saturated rings. The van der Waals surface area contributed by atoms with Crippen LogP contribution in [0.15, 0.2) is 24.3 Å². The highest BCUT2D eigenvalue weighted by Gasteiger charge is 2.26. The number of carbonyl (C=O) groups excluding carboxylic acids is 1. The summed E-state index contributed by atoms with van der Waals surface area (Å²) in [5.74, 6) is -0.418. The van der Waals surface area contributed by atoms with Crippen molar-refractivity contribution in [2.45, 2.75) is 44.1 Å². The molecule has 0 spiro atoms. The summed E-state index contributed by atoms with van der Waals surface area (Å²) < 4.78 is 0. The van der Waals surface area contributed by atoms with Crippen LogP contribution in [-0.2, 0) is 4.79 Å². The summed E-state index contributed by atoms with van der Waals surface area (Å²) in [5, 5.41) is 14.9. The maximum atomic E-state index is 11.8. The second kappa shape index (κ2) is 8.03. The Morgan fingerprint density at radius 1 is 1.32 bits per heavy atom. The maximum Gasteiger partial charge on any atom is 0.315 e. The van der Waals surface area contributed by atoms with Gasteiger partial charge in [0.1, 0.15) is 0 Å². The molecule has 1 aliphatic carbocycles. The first-order valence-electron chi connectivity index (χ1n) is 7.56. The van der Waals surface area contributed by atoms with Crippen LogP contribution in [0.3, 0.4) is 0 Å². The van der Waals surface area contributed by atoms with E-state index in [1.165, 1.54) is 5.56 Å². The number of benzene rings is 1. The van der Waals surface area contributed by atoms with Crippen molar-refractivity contribution in [3.8, 4) is 0 Å². The van der Waals surface area contributed by atoms with Gasteiger partial charge in [0.15, 0.2) is 0 Å². The van der Waals surface area contributed by atoms with Gasteiger partial charge in [-0.3, -0.25) is 4.79 Å². The number of carboxylic acid groups (broad SMARTS) is 1. The van der Waals surface area contributed by atoms with Gasteiger partial charge in [0, 0.05) is 24.0 Å². The fraction of sp³-hybridized carbons (Fsp3) is 0.500. The number of rotatable bonds is 6. The van der Waals surface area contributed by atoms with Crippen molar-refractivity contribution >= 4 is 23.6 Å². The summed E-state index contributed by atoms with van der Waals surface area (Å²) in [7, 11) is 0. The third-order valence-corrected chi connectivity index (χ3v) is 4.18. The van der Waals surface area contributed by atoms with E-state index in [-0.39, 0.29) is 18.5 Å². The number of nitrogens with one attached hydrogen (secondary N) is 2. The van der Waals surface area contributed by atoms with Crippen LogP contribution in [-0.4, -0.2) is 29.7 Å². The standard InChI is InChI=1S/C16H21ClN2O3/c17-13-4-1-3-11(9-13)12-6-7-14(10-12)19-16(22)18-8-2-5-15(20)21/h1,3-4,9,12,14H,2,5-8,10H2,(H,20,21)(H2,18,19,22). The largest absolute Gasteiger partial charge is 0.481 e. The van der Waals surface area contributed by atoms with Crippen molar-refractivity contribution in [3.63, 3.8) is 0 Å². The van der Waals surface area contributed by atoms with Crippen LogP contribution < -0.4 is 10.6 Å². The van der Waals surface area contributed by atoms with Gasteiger partial charge in [0.25, 0.3) is 0 Å². The molecule has 5 nitrogen and oxygen atoms in total. The fourth-order valence-corrected chi connectivity index (χ4v) is 3.05. The molecule has 0 aliphatic heterocycles. The molecule has 0 heterocycles. The van der Waals surface area contributed by atoms with Crippen LogP contribution in [0, 0.1) is 0 Å². The molecule has 1 aromatic rings. The molecule has 0 saturated heterocycles. The lowest BCUT2D eigenvalue weighted by Gasteiger charge is -2.14. The molecule has 22 heavy (non-hydrogen) atoms. The number of hydrogen-bond donors (Lipinski definition) is 3. The molecule has 0 radical (unpaired) electrons. The molecule has 2 amide bonds. The van der Waals surface area contributed by atoms with Crippen LogP contribution in [0.1, 0.15) is 43.6 Å². The summed E-state index contributed by atoms with van der Waals surface area (Å²) in [6.45, 7) is 0.378. The van der Waals surface area contributed by atoms with Crippen molar-refractivity contribution in [1.82, 2.24) is 10.6 Å². The molecule has 6 heteroatoms. The van der Waals surface area contributed by atoms with Crippen LogP contribution in [0.2, 0.25) is 5.02 Å². The zero-order chi connectivity index (χ0) is 15.9. The zero-order valence-electron chi connectivity index (χ0n) is 12.3. The predicted molar refractivity (Wildman–Crippen MR) is 85.2 cm³/mol. The molecule has 1 aliphatic rings. The Labute approximate surface area is 135 Å². The average molecular weight is 325 g/mol. The first-order valence-corrected chi connectivity index (χ1v) is 7.94. The summed E-state index contributed by atoms with van der Waals surface area (Å²) in [4.78, 5) is 22.1. The SMILES string of the molecule is O=C(O)CCCNC(=O)NC1CCC(c2cccc(Cl)c2)C1. The average Bonchev–Trinajstić information content (AvgIpc) is 2.92. The van der Waals surface area contributed by atoms with E-state index >= 15 is 0 Å². The lowest BCUT2D eigenvalue weighted by atomic mass is 9.97. The van der Waals surface area contributed by atoms with Crippen molar-refractivity contribution < 1.29 is 14.7 Å². The van der Waals surface area contributed by atoms with Gasteiger partial charge in [-0.2, -0.15) is 0 Å². The number of hydrogen-bond acceptors (Lipinski definition) is 2. The fourth-order valence-electron chi connectivity index (χ4n) is 2.85. The molecule has 3 N–H and O–H groups in total. The number of halogens is 1. The second-order valence-electron chi connectivity index (χ2n) is 5.66. The molecule has 0 aromatic heterocycles. The van der Waals surface area contributed by atoms with Crippen LogP contribution >= 0.6 is 11.6 Å². The Bertz CT molecular complexity index is 536. The normalized spacial score (nSPS) is 20.6. The maximum absolute atomic E-state index is 11.8. The molecule has 0 bridgehead atoms. The molecule has 120 valence electrons. The van der Waals surface area contributed by atoms with E-state index in [1.54, 1.807) is 0 Å². The van der Waals surface area contributed by atoms with Gasteiger partial charge >= 0.3 is 12.0 Å². The molecule has 2 unspecified atom stereocenters. The quantitative estimate of drug-likeness (QED) is 0.703. The number of aliphatic carboxylic acids is 1. The number of carboxylic acids is 1. The highest BCUT2D eigenvalue weighted by Crippen LogP contribution is 2.35. The Morgan fingerprint density at radius 3 is 2.86 bits per heavy atom. The van der Waals surface area contributed by atoms with E-state index in [0.29, 0.717) is 18.9 Å². The van der Waals surface area contributed by atoms with Crippen molar-refractivity contribution in [2.75, 3.05) is 6.54 Å². The van der Waals surface area contributed by atoms with E-state index in [1.807, 2.05) is 18.2 Å². The first-order chi connectivity index (χ1) is 10.5. The molecular weight excluding hydrogens is 304 g/mol. The van der Waals surface area contributed by atoms with E-state index in [4.69, 9.17) is 16.7 Å². The number of carbonyl (C=O) groups is 2. The lowest BCUT2D eigenvalue weighted by molar-refractivity contribution is -0.137. The Kier molecular flexibility index (Phi) is 6.07. The highest BCUT2D eigenvalue weighted by molar-refractivity contribution is 6.30. The van der Waals surface area contributed by atoms with Crippen LogP contribution in [0.25, 0.3) is 0 Å². The topological polar surface area (TPSA) is 78.4 Å². The summed E-state index contributed by atoms with van der Waals surface area (Å²) in [6, 6.07) is 7.81. The van der Waals surface area contributed by atoms with Gasteiger partial charge in [0.2, 0.25) is 0 Å². The number of urea groups is 1. The van der Waals surface area contributed by atoms with Crippen molar-refractivity contribution in [3.05, 3.63) is 34.9 Å². The van der Waals surface area contributed by atoms with E-state index in [9.17, 15) is 9.59 Å². The summed E-state index contributed by atoms with van der Waals surface area (Å²) in [6.07, 6.45) is 3.39. The van der Waals surface area contributed by atoms with Gasteiger partial charge in [-0.25, -0.2) is 4.79 Å². The minimum atomic E-state index is -0.845. The first kappa shape index (κ1) is 16.6. The van der Waals surface area contributed by atoms with E-state index in [2.05, 4.69) is 16.7 Å². The predicted octanol–water partition coefficient (Wildman–Crippen LogP) is 3.14. The molecular formula is C16H21ClN2O3. The van der Waals surface area contributed by atoms with Gasteiger partial charge in [-0.15, -0.1) is 0 Å². The third kappa shape index (κ3) is 5.22. The highest BCUT2D eigenvalue weighted by atomic mass is 35.5. The minimum absolute atomic E-state index is 0.0700. The van der Waals surface area contributed by atoms with Crippen LogP contribution in [0.4, 0.5) is 4.79 Å². The van der Waals surface area contributed by atoms with Crippen molar-refractivity contribution in [2.24, 2.45) is 0 Å². The monoisotopic (exact) mass is 324 g/mol. The third-order valence-electron chi connectivity index (χ3n) is 3.94. The zero-order valence-corrected chi connectivity index (χ0v) is 13.1. The molecule has 1 saturated carbocycles. The molecule has 1 aromatic carbocycles. The van der Waals surface area contributed by atoms with Gasteiger partial charge in [-0.05, 0) is 49.3 Å². The lowest BCUT2D eigenvalue weighted by Crippen LogP contribution is -2.41. The summed E-state index contributed by atoms with van der Waals surface area (Å²) >= 11 is 6.02. The van der Waals surface area contributed by atoms with E-state index in [0.717, 1.165) is 24.3 Å². The molecule has 2 rings (SSSR count). The van der Waals surface area contributed by atoms with Crippen LogP contribution in [0.5, 0.6) is 0 Å². The number of amides is 2.